The standard InChI is InChI=1S/C48H55N3/c1-45(2,3)34-22-32(23-35(28-34)46(4,5)6)30-18-20-41-38(26-30)39-27-31(33-24-36(47(7,8)9)29-37(25-33)48(10,11)12)19-21-42(39)51(41)44-49-40-16-14-15-17-43(40)50(44)13/h14-29H,1-13H3. The van der Waals surface area contributed by atoms with Gasteiger partial charge in [0, 0.05) is 17.8 Å². The minimum Gasteiger partial charge on any atom is -0.313 e. The molecule has 3 heteroatoms. The van der Waals surface area contributed by atoms with Gasteiger partial charge < -0.3 is 4.57 Å². The molecule has 7 rings (SSSR count). The number of benzene rings is 5. The minimum atomic E-state index is 0.0404. The molecule has 0 aliphatic rings. The third kappa shape index (κ3) is 6.30. The van der Waals surface area contributed by atoms with Gasteiger partial charge in [-0.05, 0) is 103 Å². The number of aryl methyl sites for hydroxylation is 1. The van der Waals surface area contributed by atoms with Gasteiger partial charge >= 0.3 is 0 Å². The monoisotopic (exact) mass is 673 g/mol. The average Bonchev–Trinajstić information content (AvgIpc) is 3.55. The Kier molecular flexibility index (Phi) is 7.98. The van der Waals surface area contributed by atoms with Crippen molar-refractivity contribution in [3.8, 4) is 28.2 Å². The summed E-state index contributed by atoms with van der Waals surface area (Å²) in [6, 6.07) is 36.9. The van der Waals surface area contributed by atoms with E-state index in [-0.39, 0.29) is 21.7 Å². The summed E-state index contributed by atoms with van der Waals surface area (Å²) in [4.78, 5) is 5.20. The van der Waals surface area contributed by atoms with Crippen LogP contribution in [0.5, 0.6) is 0 Å². The van der Waals surface area contributed by atoms with E-state index in [0.717, 1.165) is 28.0 Å². The number of rotatable bonds is 3. The second-order valence-corrected chi connectivity index (χ2v) is 18.9. The van der Waals surface area contributed by atoms with Crippen LogP contribution in [0.15, 0.2) is 97.1 Å². The maximum absolute atomic E-state index is 5.20. The van der Waals surface area contributed by atoms with Crippen molar-refractivity contribution in [2.75, 3.05) is 0 Å². The number of para-hydroxylation sites is 2. The molecule has 0 spiro atoms. The molecule has 0 radical (unpaired) electrons. The minimum absolute atomic E-state index is 0.0404. The molecule has 0 N–H and O–H groups in total. The Balaban J connectivity index is 1.53. The van der Waals surface area contributed by atoms with Gasteiger partial charge in [0.2, 0.25) is 5.95 Å². The van der Waals surface area contributed by atoms with Crippen LogP contribution in [0.1, 0.15) is 105 Å². The van der Waals surface area contributed by atoms with Crippen molar-refractivity contribution in [3.63, 3.8) is 0 Å². The lowest BCUT2D eigenvalue weighted by atomic mass is 9.78. The van der Waals surface area contributed by atoms with Gasteiger partial charge in [-0.2, -0.15) is 0 Å². The van der Waals surface area contributed by atoms with E-state index in [1.165, 1.54) is 55.3 Å². The van der Waals surface area contributed by atoms with E-state index >= 15 is 0 Å². The van der Waals surface area contributed by atoms with E-state index in [1.807, 2.05) is 0 Å². The molecule has 2 aromatic heterocycles. The molecule has 0 aliphatic carbocycles. The van der Waals surface area contributed by atoms with Gasteiger partial charge in [0.05, 0.1) is 22.1 Å². The third-order valence-corrected chi connectivity index (χ3v) is 10.7. The van der Waals surface area contributed by atoms with Crippen molar-refractivity contribution < 1.29 is 0 Å². The van der Waals surface area contributed by atoms with E-state index < -0.39 is 0 Å². The fourth-order valence-electron chi connectivity index (χ4n) is 7.25. The summed E-state index contributed by atoms with van der Waals surface area (Å²) in [5, 5.41) is 2.47. The van der Waals surface area contributed by atoms with E-state index in [1.54, 1.807) is 0 Å². The second kappa shape index (κ2) is 11.7. The molecule has 0 bridgehead atoms. The first-order valence-electron chi connectivity index (χ1n) is 18.5. The summed E-state index contributed by atoms with van der Waals surface area (Å²) in [6.07, 6.45) is 0. The Labute approximate surface area is 305 Å². The van der Waals surface area contributed by atoms with Crippen molar-refractivity contribution in [1.29, 1.82) is 0 Å². The number of imidazole rings is 1. The predicted molar refractivity (Wildman–Crippen MR) is 221 cm³/mol. The number of hydrogen-bond acceptors (Lipinski definition) is 1. The highest BCUT2D eigenvalue weighted by Crippen LogP contribution is 2.41. The lowest BCUT2D eigenvalue weighted by Crippen LogP contribution is -2.16. The maximum atomic E-state index is 5.20. The molecule has 7 aromatic rings. The molecule has 0 aliphatic heterocycles. The lowest BCUT2D eigenvalue weighted by molar-refractivity contribution is 0.568. The highest BCUT2D eigenvalue weighted by molar-refractivity contribution is 6.11. The topological polar surface area (TPSA) is 22.8 Å². The summed E-state index contributed by atoms with van der Waals surface area (Å²) in [5.74, 6) is 0.922. The van der Waals surface area contributed by atoms with Gasteiger partial charge in [-0.1, -0.05) is 144 Å². The van der Waals surface area contributed by atoms with E-state index in [4.69, 9.17) is 4.98 Å². The zero-order valence-corrected chi connectivity index (χ0v) is 33.1. The molecular formula is C48H55N3. The fourth-order valence-corrected chi connectivity index (χ4v) is 7.25. The van der Waals surface area contributed by atoms with Crippen LogP contribution in [0, 0.1) is 0 Å². The Morgan fingerprint density at radius 2 is 0.804 bits per heavy atom. The number of nitrogens with zero attached hydrogens (tertiary/aromatic N) is 3. The first kappa shape index (κ1) is 34.8. The van der Waals surface area contributed by atoms with Crippen LogP contribution < -0.4 is 0 Å². The molecule has 0 unspecified atom stereocenters. The normalized spacial score (nSPS) is 13.2. The Morgan fingerprint density at radius 3 is 1.18 bits per heavy atom. The molecule has 0 saturated carbocycles. The highest BCUT2D eigenvalue weighted by Gasteiger charge is 2.24. The lowest BCUT2D eigenvalue weighted by Gasteiger charge is -2.26. The molecule has 0 amide bonds. The molecule has 0 saturated heterocycles. The first-order chi connectivity index (χ1) is 23.7. The third-order valence-electron chi connectivity index (χ3n) is 10.7. The van der Waals surface area contributed by atoms with Gasteiger partial charge in [0.15, 0.2) is 0 Å². The van der Waals surface area contributed by atoms with Crippen LogP contribution in [0.4, 0.5) is 0 Å². The van der Waals surface area contributed by atoms with Crippen molar-refractivity contribution in [1.82, 2.24) is 14.1 Å². The zero-order chi connectivity index (χ0) is 36.8. The Bertz CT molecular complexity index is 2260. The molecule has 5 aromatic carbocycles. The maximum Gasteiger partial charge on any atom is 0.215 e. The smallest absolute Gasteiger partial charge is 0.215 e. The van der Waals surface area contributed by atoms with Crippen LogP contribution in [0.3, 0.4) is 0 Å². The predicted octanol–water partition coefficient (Wildman–Crippen LogP) is 13.2. The van der Waals surface area contributed by atoms with E-state index in [9.17, 15) is 0 Å². The molecule has 2 heterocycles. The van der Waals surface area contributed by atoms with Gasteiger partial charge in [-0.25, -0.2) is 4.98 Å². The zero-order valence-electron chi connectivity index (χ0n) is 33.1. The van der Waals surface area contributed by atoms with Crippen molar-refractivity contribution in [2.45, 2.75) is 105 Å². The van der Waals surface area contributed by atoms with E-state index in [2.05, 4.69) is 196 Å². The molecule has 262 valence electrons. The van der Waals surface area contributed by atoms with Gasteiger partial charge in [0.25, 0.3) is 0 Å². The van der Waals surface area contributed by atoms with Crippen LogP contribution in [0.2, 0.25) is 0 Å². The molecule has 51 heavy (non-hydrogen) atoms. The van der Waals surface area contributed by atoms with E-state index in [0.29, 0.717) is 0 Å². The van der Waals surface area contributed by atoms with Crippen molar-refractivity contribution in [3.05, 3.63) is 119 Å². The second-order valence-electron chi connectivity index (χ2n) is 18.9. The molecule has 3 nitrogen and oxygen atoms in total. The van der Waals surface area contributed by atoms with Crippen molar-refractivity contribution >= 4 is 32.8 Å². The van der Waals surface area contributed by atoms with Crippen LogP contribution in [0.25, 0.3) is 61.0 Å². The Hall–Kier alpha value is -4.63. The summed E-state index contributed by atoms with van der Waals surface area (Å²) < 4.78 is 4.58. The number of hydrogen-bond donors (Lipinski definition) is 0. The van der Waals surface area contributed by atoms with Crippen LogP contribution in [-0.2, 0) is 28.7 Å². The summed E-state index contributed by atoms with van der Waals surface area (Å²) in [6.45, 7) is 27.8. The highest BCUT2D eigenvalue weighted by atomic mass is 15.2. The van der Waals surface area contributed by atoms with Gasteiger partial charge in [0.1, 0.15) is 0 Å². The van der Waals surface area contributed by atoms with Gasteiger partial charge in [-0.3, -0.25) is 4.57 Å². The number of fused-ring (bicyclic) bond motifs is 4. The molecule has 0 fully saturated rings. The average molecular weight is 674 g/mol. The summed E-state index contributed by atoms with van der Waals surface area (Å²) in [7, 11) is 2.13. The molecule has 0 atom stereocenters. The summed E-state index contributed by atoms with van der Waals surface area (Å²) >= 11 is 0. The quantitative estimate of drug-likeness (QED) is 0.183. The number of aromatic nitrogens is 3. The fraction of sp³-hybridized carbons (Fsp3) is 0.354. The van der Waals surface area contributed by atoms with Gasteiger partial charge in [-0.15, -0.1) is 0 Å². The SMILES string of the molecule is Cn1c(-n2c3ccc(-c4cc(C(C)(C)C)cc(C(C)(C)C)c4)cc3c3cc(-c4cc(C(C)(C)C)cc(C(C)(C)C)c4)ccc32)nc2ccccc21. The Morgan fingerprint density at radius 1 is 0.412 bits per heavy atom. The van der Waals surface area contributed by atoms with Crippen LogP contribution >= 0.6 is 0 Å². The van der Waals surface area contributed by atoms with Crippen molar-refractivity contribution in [2.24, 2.45) is 7.05 Å². The first-order valence-corrected chi connectivity index (χ1v) is 18.5. The largest absolute Gasteiger partial charge is 0.313 e. The van der Waals surface area contributed by atoms with Crippen LogP contribution in [-0.4, -0.2) is 14.1 Å². The summed E-state index contributed by atoms with van der Waals surface area (Å²) in [5.41, 5.74) is 15.1. The molecular weight excluding hydrogens is 619 g/mol.